The maximum atomic E-state index is 6.44. The molecule has 0 radical (unpaired) electrons. The van der Waals surface area contributed by atoms with E-state index in [2.05, 4.69) is 44.0 Å². The Kier molecular flexibility index (Phi) is 3.33. The SMILES string of the molecule is Nc1c(N2CCCC2)ncnc1N1CCCc2ccccc21. The average Bonchev–Trinajstić information content (AvgIpc) is 3.09. The molecule has 0 amide bonds. The van der Waals surface area contributed by atoms with Gasteiger partial charge in [0.1, 0.15) is 12.0 Å². The summed E-state index contributed by atoms with van der Waals surface area (Å²) in [4.78, 5) is 13.5. The first-order valence-corrected chi connectivity index (χ1v) is 8.05. The van der Waals surface area contributed by atoms with E-state index in [1.54, 1.807) is 6.33 Å². The van der Waals surface area contributed by atoms with Crippen LogP contribution in [0, 0.1) is 0 Å². The summed E-state index contributed by atoms with van der Waals surface area (Å²) < 4.78 is 0. The van der Waals surface area contributed by atoms with Crippen molar-refractivity contribution in [3.63, 3.8) is 0 Å². The van der Waals surface area contributed by atoms with Crippen molar-refractivity contribution in [3.05, 3.63) is 36.2 Å². The molecule has 0 spiro atoms. The molecule has 2 aliphatic rings. The van der Waals surface area contributed by atoms with Crippen molar-refractivity contribution < 1.29 is 0 Å². The van der Waals surface area contributed by atoms with E-state index in [1.807, 2.05) is 0 Å². The Labute approximate surface area is 130 Å². The zero-order valence-electron chi connectivity index (χ0n) is 12.7. The van der Waals surface area contributed by atoms with Crippen LogP contribution in [0.5, 0.6) is 0 Å². The Bertz CT molecular complexity index is 678. The minimum absolute atomic E-state index is 0.709. The zero-order valence-corrected chi connectivity index (χ0v) is 12.7. The van der Waals surface area contributed by atoms with Crippen LogP contribution in [0.1, 0.15) is 24.8 Å². The largest absolute Gasteiger partial charge is 0.393 e. The van der Waals surface area contributed by atoms with E-state index in [1.165, 1.54) is 24.1 Å². The predicted molar refractivity (Wildman–Crippen MR) is 89.7 cm³/mol. The second-order valence-corrected chi connectivity index (χ2v) is 6.01. The number of hydrogen-bond acceptors (Lipinski definition) is 5. The summed E-state index contributed by atoms with van der Waals surface area (Å²) >= 11 is 0. The third-order valence-electron chi connectivity index (χ3n) is 4.61. The molecule has 0 saturated carbocycles. The Morgan fingerprint density at radius 2 is 1.68 bits per heavy atom. The van der Waals surface area contributed by atoms with E-state index >= 15 is 0 Å². The van der Waals surface area contributed by atoms with Crippen LogP contribution in [0.15, 0.2) is 30.6 Å². The smallest absolute Gasteiger partial charge is 0.161 e. The number of aromatic nitrogens is 2. The number of nitrogens with zero attached hydrogens (tertiary/aromatic N) is 4. The number of benzene rings is 1. The highest BCUT2D eigenvalue weighted by atomic mass is 15.3. The third-order valence-corrected chi connectivity index (χ3v) is 4.61. The lowest BCUT2D eigenvalue weighted by atomic mass is 10.0. The standard InChI is InChI=1S/C17H21N5/c18-15-16(21-9-3-4-10-21)19-12-20-17(15)22-11-5-7-13-6-1-2-8-14(13)22/h1-2,6,8,12H,3-5,7,9-11,18H2. The number of nitrogens with two attached hydrogens (primary N) is 1. The van der Waals surface area contributed by atoms with Crippen molar-refractivity contribution in [2.45, 2.75) is 25.7 Å². The van der Waals surface area contributed by atoms with Crippen LogP contribution in [-0.4, -0.2) is 29.6 Å². The maximum absolute atomic E-state index is 6.44. The van der Waals surface area contributed by atoms with Gasteiger partial charge in [0.25, 0.3) is 0 Å². The molecular weight excluding hydrogens is 274 g/mol. The van der Waals surface area contributed by atoms with E-state index in [-0.39, 0.29) is 0 Å². The second kappa shape index (κ2) is 5.48. The lowest BCUT2D eigenvalue weighted by Crippen LogP contribution is -2.28. The van der Waals surface area contributed by atoms with E-state index in [0.29, 0.717) is 5.69 Å². The van der Waals surface area contributed by atoms with Crippen molar-refractivity contribution in [1.82, 2.24) is 9.97 Å². The molecule has 1 fully saturated rings. The van der Waals surface area contributed by atoms with Crippen molar-refractivity contribution >= 4 is 23.0 Å². The van der Waals surface area contributed by atoms with Crippen molar-refractivity contribution in [3.8, 4) is 0 Å². The lowest BCUT2D eigenvalue weighted by molar-refractivity contribution is 0.758. The molecule has 1 aromatic heterocycles. The summed E-state index contributed by atoms with van der Waals surface area (Å²) in [5.41, 5.74) is 9.75. The molecule has 0 bridgehead atoms. The minimum atomic E-state index is 0.709. The predicted octanol–water partition coefficient (Wildman–Crippen LogP) is 2.74. The van der Waals surface area contributed by atoms with Crippen LogP contribution in [-0.2, 0) is 6.42 Å². The fraction of sp³-hybridized carbons (Fsp3) is 0.412. The molecule has 2 aromatic rings. The van der Waals surface area contributed by atoms with Crippen molar-refractivity contribution in [1.29, 1.82) is 0 Å². The summed E-state index contributed by atoms with van der Waals surface area (Å²) in [7, 11) is 0. The molecule has 1 aromatic carbocycles. The van der Waals surface area contributed by atoms with Gasteiger partial charge in [-0.05, 0) is 37.3 Å². The van der Waals surface area contributed by atoms with Gasteiger partial charge in [-0.1, -0.05) is 18.2 Å². The molecule has 2 N–H and O–H groups in total. The molecule has 22 heavy (non-hydrogen) atoms. The quantitative estimate of drug-likeness (QED) is 0.923. The number of hydrogen-bond donors (Lipinski definition) is 1. The number of anilines is 4. The monoisotopic (exact) mass is 295 g/mol. The summed E-state index contributed by atoms with van der Waals surface area (Å²) in [5, 5.41) is 0. The molecule has 0 aliphatic carbocycles. The van der Waals surface area contributed by atoms with Gasteiger partial charge in [-0.15, -0.1) is 0 Å². The van der Waals surface area contributed by atoms with Gasteiger partial charge in [0.2, 0.25) is 0 Å². The Morgan fingerprint density at radius 3 is 2.55 bits per heavy atom. The molecule has 0 unspecified atom stereocenters. The van der Waals surface area contributed by atoms with E-state index in [0.717, 1.165) is 44.1 Å². The summed E-state index contributed by atoms with van der Waals surface area (Å²) in [6, 6.07) is 8.53. The Balaban J connectivity index is 1.76. The number of nitrogen functional groups attached to an aromatic ring is 1. The lowest BCUT2D eigenvalue weighted by Gasteiger charge is -2.32. The molecule has 5 heteroatoms. The molecule has 3 heterocycles. The summed E-state index contributed by atoms with van der Waals surface area (Å²) in [5.74, 6) is 1.75. The number of para-hydroxylation sites is 1. The fourth-order valence-electron chi connectivity index (χ4n) is 3.53. The van der Waals surface area contributed by atoms with Crippen molar-refractivity contribution in [2.24, 2.45) is 0 Å². The third kappa shape index (κ3) is 2.17. The van der Waals surface area contributed by atoms with E-state index in [9.17, 15) is 0 Å². The van der Waals surface area contributed by atoms with Crippen LogP contribution < -0.4 is 15.5 Å². The van der Waals surface area contributed by atoms with E-state index < -0.39 is 0 Å². The summed E-state index contributed by atoms with van der Waals surface area (Å²) in [6.07, 6.45) is 6.32. The number of fused-ring (bicyclic) bond motifs is 1. The van der Waals surface area contributed by atoms with Gasteiger partial charge in [0.05, 0.1) is 0 Å². The first kappa shape index (κ1) is 13.4. The first-order valence-electron chi connectivity index (χ1n) is 8.05. The molecular formula is C17H21N5. The Morgan fingerprint density at radius 1 is 0.909 bits per heavy atom. The second-order valence-electron chi connectivity index (χ2n) is 6.01. The maximum Gasteiger partial charge on any atom is 0.161 e. The molecule has 0 atom stereocenters. The highest BCUT2D eigenvalue weighted by Gasteiger charge is 2.24. The Hall–Kier alpha value is -2.30. The van der Waals surface area contributed by atoms with E-state index in [4.69, 9.17) is 5.73 Å². The number of rotatable bonds is 2. The molecule has 2 aliphatic heterocycles. The van der Waals surface area contributed by atoms with Crippen LogP contribution in [0.2, 0.25) is 0 Å². The van der Waals surface area contributed by atoms with Gasteiger partial charge in [-0.25, -0.2) is 9.97 Å². The highest BCUT2D eigenvalue weighted by Crippen LogP contribution is 2.38. The molecule has 4 rings (SSSR count). The fourth-order valence-corrected chi connectivity index (χ4v) is 3.53. The van der Waals surface area contributed by atoms with Gasteiger partial charge in [-0.2, -0.15) is 0 Å². The topological polar surface area (TPSA) is 58.3 Å². The van der Waals surface area contributed by atoms with Crippen LogP contribution >= 0.6 is 0 Å². The molecule has 5 nitrogen and oxygen atoms in total. The molecule has 114 valence electrons. The highest BCUT2D eigenvalue weighted by molar-refractivity contribution is 5.81. The minimum Gasteiger partial charge on any atom is -0.393 e. The van der Waals surface area contributed by atoms with Crippen LogP contribution in [0.25, 0.3) is 0 Å². The number of aryl methyl sites for hydroxylation is 1. The van der Waals surface area contributed by atoms with Gasteiger partial charge in [0, 0.05) is 25.3 Å². The average molecular weight is 295 g/mol. The normalized spacial score (nSPS) is 17.6. The first-order chi connectivity index (χ1) is 10.8. The van der Waals surface area contributed by atoms with Gasteiger partial charge in [-0.3, -0.25) is 0 Å². The van der Waals surface area contributed by atoms with Crippen LogP contribution in [0.3, 0.4) is 0 Å². The van der Waals surface area contributed by atoms with Gasteiger partial charge >= 0.3 is 0 Å². The van der Waals surface area contributed by atoms with Gasteiger partial charge < -0.3 is 15.5 Å². The summed E-state index contributed by atoms with van der Waals surface area (Å²) in [6.45, 7) is 3.03. The van der Waals surface area contributed by atoms with Crippen molar-refractivity contribution in [2.75, 3.05) is 35.2 Å². The zero-order chi connectivity index (χ0) is 14.9. The molecule has 1 saturated heterocycles. The van der Waals surface area contributed by atoms with Gasteiger partial charge in [0.15, 0.2) is 11.6 Å². The van der Waals surface area contributed by atoms with Crippen LogP contribution in [0.4, 0.5) is 23.0 Å².